The summed E-state index contributed by atoms with van der Waals surface area (Å²) in [6.45, 7) is 6.93. The molecule has 418 valence electrons. The van der Waals surface area contributed by atoms with Gasteiger partial charge in [0, 0.05) is 45.1 Å². The highest BCUT2D eigenvalue weighted by atomic mass is 16.3. The number of benzene rings is 11. The van der Waals surface area contributed by atoms with Gasteiger partial charge in [-0.1, -0.05) is 243 Å². The van der Waals surface area contributed by atoms with Crippen molar-refractivity contribution in [3.63, 3.8) is 0 Å². The first-order valence-electron chi connectivity index (χ1n) is 30.5. The van der Waals surface area contributed by atoms with Crippen LogP contribution in [0.1, 0.15) is 45.9 Å². The van der Waals surface area contributed by atoms with Gasteiger partial charge in [-0.05, 0) is 168 Å². The van der Waals surface area contributed by atoms with Crippen molar-refractivity contribution >= 4 is 43.9 Å². The average molecular weight is 1140 g/mol. The third-order valence-electron chi connectivity index (χ3n) is 18.9. The van der Waals surface area contributed by atoms with Crippen molar-refractivity contribution in [3.05, 3.63) is 361 Å². The molecule has 15 aromatic rings. The lowest BCUT2D eigenvalue weighted by atomic mass is 9.67. The minimum Gasteiger partial charge on any atom is -0.455 e. The second-order valence-electron chi connectivity index (χ2n) is 23.5. The topological polar surface area (TPSA) is 52.1 Å². The smallest absolute Gasteiger partial charge is 0.143 e. The van der Waals surface area contributed by atoms with Crippen molar-refractivity contribution in [2.45, 2.75) is 17.8 Å². The Bertz CT molecular complexity index is 5380. The van der Waals surface area contributed by atoms with Crippen LogP contribution in [0.3, 0.4) is 0 Å². The summed E-state index contributed by atoms with van der Waals surface area (Å²) in [7, 11) is 0. The summed E-state index contributed by atoms with van der Waals surface area (Å²) in [5, 5.41) is 4.44. The van der Waals surface area contributed by atoms with E-state index in [9.17, 15) is 0 Å². The van der Waals surface area contributed by atoms with Gasteiger partial charge in [0.05, 0.1) is 22.2 Å². The van der Waals surface area contributed by atoms with Crippen LogP contribution >= 0.6 is 0 Å². The van der Waals surface area contributed by atoms with E-state index in [0.717, 1.165) is 122 Å². The Balaban J connectivity index is 0.789. The van der Waals surface area contributed by atoms with E-state index < -0.39 is 10.8 Å². The summed E-state index contributed by atoms with van der Waals surface area (Å²) in [5.74, 6) is 0. The first-order chi connectivity index (χ1) is 44.0. The van der Waals surface area contributed by atoms with Gasteiger partial charge in [0.25, 0.3) is 0 Å². The molecule has 0 saturated heterocycles. The van der Waals surface area contributed by atoms with Crippen LogP contribution in [-0.2, 0) is 10.8 Å². The van der Waals surface area contributed by atoms with E-state index in [0.29, 0.717) is 0 Å². The van der Waals surface area contributed by atoms with E-state index >= 15 is 0 Å². The van der Waals surface area contributed by atoms with E-state index in [2.05, 4.69) is 279 Å². The number of aromatic nitrogens is 2. The Morgan fingerprint density at radius 3 is 1.22 bits per heavy atom. The van der Waals surface area contributed by atoms with Gasteiger partial charge in [-0.3, -0.25) is 9.97 Å². The zero-order chi connectivity index (χ0) is 59.2. The molecule has 11 aromatic carbocycles. The van der Waals surface area contributed by atoms with Crippen LogP contribution in [0, 0.1) is 0 Å². The number of furan rings is 2. The molecule has 1 unspecified atom stereocenters. The Morgan fingerprint density at radius 2 is 0.742 bits per heavy atom. The fourth-order valence-corrected chi connectivity index (χ4v) is 14.9. The second kappa shape index (κ2) is 20.6. The number of nitrogens with zero attached hydrogens (tertiary/aromatic N) is 2. The molecule has 17 rings (SSSR count). The zero-order valence-electron chi connectivity index (χ0n) is 48.9. The lowest BCUT2D eigenvalue weighted by Crippen LogP contribution is -2.28. The van der Waals surface area contributed by atoms with Crippen molar-refractivity contribution in [1.82, 2.24) is 9.97 Å². The third kappa shape index (κ3) is 7.93. The second-order valence-corrected chi connectivity index (χ2v) is 23.5. The molecule has 0 radical (unpaired) electrons. The number of fused-ring (bicyclic) bond motifs is 12. The number of rotatable bonds is 11. The molecular weight excluding hydrogens is 1080 g/mol. The van der Waals surface area contributed by atoms with E-state index in [1.807, 2.05) is 37.5 Å². The molecular formula is C85H56N2O2. The summed E-state index contributed by atoms with van der Waals surface area (Å²) in [6, 6.07) is 99.0. The van der Waals surface area contributed by atoms with Crippen LogP contribution in [0.2, 0.25) is 0 Å². The largest absolute Gasteiger partial charge is 0.455 e. The molecule has 89 heavy (non-hydrogen) atoms. The number of allylic oxidation sites excluding steroid dienone is 5. The fraction of sp³-hybridized carbons (Fsp3) is 0.0353. The van der Waals surface area contributed by atoms with Crippen LogP contribution in [0.4, 0.5) is 0 Å². The van der Waals surface area contributed by atoms with Gasteiger partial charge in [-0.2, -0.15) is 0 Å². The molecule has 0 aliphatic heterocycles. The Kier molecular flexibility index (Phi) is 12.0. The lowest BCUT2D eigenvalue weighted by Gasteiger charge is -2.34. The number of para-hydroxylation sites is 4. The number of pyridine rings is 2. The van der Waals surface area contributed by atoms with E-state index in [-0.39, 0.29) is 0 Å². The Labute approximate surface area is 516 Å². The SMILES string of the molecule is C=C(/C=C\C=C/C)C1(c2ccccc2)c2ccc(-c3ccnc(-c4cc(-c5ccc6c(c5)-c5cc(-c7cccc8c7oc7ccccc78)ccc5C6(c5ccccc5)c5ccccc5)ccn4)c3)cc2-c2cc(-c3cccc4c3oc3ccccc34)ccc21. The maximum Gasteiger partial charge on any atom is 0.143 e. The van der Waals surface area contributed by atoms with Crippen LogP contribution in [0.15, 0.2) is 331 Å². The summed E-state index contributed by atoms with van der Waals surface area (Å²) in [4.78, 5) is 10.1. The van der Waals surface area contributed by atoms with Crippen LogP contribution in [0.5, 0.6) is 0 Å². The van der Waals surface area contributed by atoms with Crippen LogP contribution in [-0.4, -0.2) is 9.97 Å². The molecule has 0 saturated carbocycles. The van der Waals surface area contributed by atoms with Crippen molar-refractivity contribution in [3.8, 4) is 78.1 Å². The lowest BCUT2D eigenvalue weighted by molar-refractivity contribution is 0.669. The summed E-state index contributed by atoms with van der Waals surface area (Å²) in [5.41, 5.74) is 26.6. The minimum absolute atomic E-state index is 0.574. The summed E-state index contributed by atoms with van der Waals surface area (Å²) in [6.07, 6.45) is 12.2. The normalized spacial score (nSPS) is 14.7. The van der Waals surface area contributed by atoms with Crippen molar-refractivity contribution < 1.29 is 8.83 Å². The van der Waals surface area contributed by atoms with Gasteiger partial charge >= 0.3 is 0 Å². The van der Waals surface area contributed by atoms with Gasteiger partial charge < -0.3 is 8.83 Å². The highest BCUT2D eigenvalue weighted by Crippen LogP contribution is 2.60. The van der Waals surface area contributed by atoms with Crippen molar-refractivity contribution in [2.75, 3.05) is 0 Å². The van der Waals surface area contributed by atoms with Gasteiger partial charge in [-0.15, -0.1) is 0 Å². The van der Waals surface area contributed by atoms with Crippen molar-refractivity contribution in [2.24, 2.45) is 0 Å². The minimum atomic E-state index is -0.670. The predicted octanol–water partition coefficient (Wildman–Crippen LogP) is 22.0. The molecule has 0 spiro atoms. The van der Waals surface area contributed by atoms with Gasteiger partial charge in [0.1, 0.15) is 22.3 Å². The maximum absolute atomic E-state index is 6.65. The van der Waals surface area contributed by atoms with Gasteiger partial charge in [-0.25, -0.2) is 0 Å². The van der Waals surface area contributed by atoms with Crippen LogP contribution < -0.4 is 0 Å². The maximum atomic E-state index is 6.65. The molecule has 0 amide bonds. The zero-order valence-corrected chi connectivity index (χ0v) is 48.9. The predicted molar refractivity (Wildman–Crippen MR) is 366 cm³/mol. The highest BCUT2D eigenvalue weighted by molar-refractivity contribution is 6.11. The standard InChI is InChI=1S/C85H56N2O2/c1-3-4-8-21-54(2)84(61-22-9-5-10-23-61)74-40-36-55(48-70(74)72-50-59(38-42-75(72)84)64-30-19-32-68-66-28-15-17-34-80(66)88-82(64)68)57-44-46-86-78(52-57)79-53-58(45-47-87-79)56-37-41-76-71(49-56)73-51-60(65-31-20-33-69-67-29-16-18-35-81(67)89-83(65)69)39-43-77(73)85(76,62-24-11-6-12-25-62)63-26-13-7-14-27-63/h3-53H,2H2,1H3/b4-3-,21-8-. The van der Waals surface area contributed by atoms with Crippen molar-refractivity contribution in [1.29, 1.82) is 0 Å². The molecule has 4 heterocycles. The van der Waals surface area contributed by atoms with E-state index in [4.69, 9.17) is 25.4 Å². The summed E-state index contributed by atoms with van der Waals surface area (Å²) >= 11 is 0. The van der Waals surface area contributed by atoms with Gasteiger partial charge in [0.2, 0.25) is 0 Å². The molecule has 0 fully saturated rings. The molecule has 4 aromatic heterocycles. The molecule has 1 atom stereocenters. The van der Waals surface area contributed by atoms with E-state index in [1.165, 1.54) is 44.5 Å². The molecule has 0 N–H and O–H groups in total. The molecule has 4 heteroatoms. The first-order valence-corrected chi connectivity index (χ1v) is 30.5. The molecule has 2 aliphatic rings. The first kappa shape index (κ1) is 51.9. The molecule has 4 nitrogen and oxygen atoms in total. The Morgan fingerprint density at radius 1 is 0.348 bits per heavy atom. The highest BCUT2D eigenvalue weighted by Gasteiger charge is 2.48. The molecule has 2 aliphatic carbocycles. The molecule has 0 bridgehead atoms. The summed E-state index contributed by atoms with van der Waals surface area (Å²) < 4.78 is 13.3. The Hall–Kier alpha value is -11.5. The quantitative estimate of drug-likeness (QED) is 0.121. The number of hydrogen-bond acceptors (Lipinski definition) is 4. The van der Waals surface area contributed by atoms with Gasteiger partial charge in [0.15, 0.2) is 0 Å². The van der Waals surface area contributed by atoms with E-state index in [1.54, 1.807) is 0 Å². The van der Waals surface area contributed by atoms with Crippen LogP contribution in [0.25, 0.3) is 122 Å². The number of hydrogen-bond donors (Lipinski definition) is 0. The third-order valence-corrected chi connectivity index (χ3v) is 18.9. The fourth-order valence-electron chi connectivity index (χ4n) is 14.9. The average Bonchev–Trinajstić information content (AvgIpc) is 1.60. The monoisotopic (exact) mass is 1140 g/mol.